The molecule has 0 saturated carbocycles. The molecule has 0 fully saturated rings. The number of thioether (sulfide) groups is 1. The predicted octanol–water partition coefficient (Wildman–Crippen LogP) is 5.28. The Morgan fingerprint density at radius 2 is 1.80 bits per heavy atom. The Labute approximate surface area is 167 Å². The average Bonchev–Trinajstić information content (AvgIpc) is 2.59. The van der Waals surface area contributed by atoms with E-state index in [1.165, 1.54) is 0 Å². The molecule has 0 heterocycles. The first-order chi connectivity index (χ1) is 12.1. The lowest BCUT2D eigenvalue weighted by atomic mass is 10.1. The minimum absolute atomic E-state index is 0.412. The van der Waals surface area contributed by atoms with Crippen LogP contribution in [0, 0.1) is 11.3 Å². The first-order valence-corrected chi connectivity index (χ1v) is 9.93. The maximum Gasteiger partial charge on any atom is 0.170 e. The standard InChI is InChI=1S/C18H17Cl2N3S2/c19-16-2-1-3-17(20)15(16)12-25-11-10-22-18(24)23-14-6-4-13(5-7-14)8-9-21/h1-7H,8,10-12H2,(H2,22,23,24). The van der Waals surface area contributed by atoms with Gasteiger partial charge in [-0.25, -0.2) is 0 Å². The lowest BCUT2D eigenvalue weighted by Crippen LogP contribution is -2.30. The highest BCUT2D eigenvalue weighted by Gasteiger charge is 2.05. The first kappa shape index (κ1) is 19.9. The summed E-state index contributed by atoms with van der Waals surface area (Å²) in [5.41, 5.74) is 2.85. The van der Waals surface area contributed by atoms with Gasteiger partial charge in [0.2, 0.25) is 0 Å². The largest absolute Gasteiger partial charge is 0.362 e. The van der Waals surface area contributed by atoms with Gasteiger partial charge in [-0.15, -0.1) is 0 Å². The van der Waals surface area contributed by atoms with E-state index in [9.17, 15) is 0 Å². The van der Waals surface area contributed by atoms with Crippen LogP contribution in [0.15, 0.2) is 42.5 Å². The maximum atomic E-state index is 8.67. The zero-order chi connectivity index (χ0) is 18.1. The minimum Gasteiger partial charge on any atom is -0.362 e. The molecule has 0 aliphatic carbocycles. The van der Waals surface area contributed by atoms with Crippen molar-refractivity contribution in [3.8, 4) is 6.07 Å². The highest BCUT2D eigenvalue weighted by Crippen LogP contribution is 2.27. The second-order valence-corrected chi connectivity index (χ2v) is 7.49. The van der Waals surface area contributed by atoms with Gasteiger partial charge in [-0.05, 0) is 47.6 Å². The Kier molecular flexibility index (Phi) is 8.36. The van der Waals surface area contributed by atoms with Crippen LogP contribution in [-0.2, 0) is 12.2 Å². The summed E-state index contributed by atoms with van der Waals surface area (Å²) in [6.45, 7) is 0.741. The van der Waals surface area contributed by atoms with Gasteiger partial charge in [0.1, 0.15) is 0 Å². The molecule has 130 valence electrons. The molecule has 2 rings (SSSR count). The normalized spacial score (nSPS) is 10.1. The highest BCUT2D eigenvalue weighted by molar-refractivity contribution is 7.98. The third kappa shape index (κ3) is 6.75. The Hall–Kier alpha value is -1.45. The Morgan fingerprint density at radius 3 is 2.44 bits per heavy atom. The quantitative estimate of drug-likeness (QED) is 0.481. The molecule has 0 aromatic heterocycles. The summed E-state index contributed by atoms with van der Waals surface area (Å²) in [4.78, 5) is 0. The molecule has 0 radical (unpaired) electrons. The highest BCUT2D eigenvalue weighted by atomic mass is 35.5. The van der Waals surface area contributed by atoms with Gasteiger partial charge in [0, 0.05) is 33.8 Å². The molecule has 2 aromatic rings. The van der Waals surface area contributed by atoms with Crippen LogP contribution in [0.5, 0.6) is 0 Å². The number of benzene rings is 2. The van der Waals surface area contributed by atoms with Crippen LogP contribution in [0.2, 0.25) is 10.0 Å². The second-order valence-electron chi connectivity index (χ2n) is 5.17. The summed E-state index contributed by atoms with van der Waals surface area (Å²) in [7, 11) is 0. The van der Waals surface area contributed by atoms with Gasteiger partial charge in [0.15, 0.2) is 5.11 Å². The van der Waals surface area contributed by atoms with Crippen molar-refractivity contribution in [3.05, 3.63) is 63.6 Å². The zero-order valence-corrected chi connectivity index (χ0v) is 16.5. The Balaban J connectivity index is 1.68. The van der Waals surface area contributed by atoms with Crippen molar-refractivity contribution in [3.63, 3.8) is 0 Å². The molecule has 0 aliphatic rings. The number of rotatable bonds is 7. The fourth-order valence-electron chi connectivity index (χ4n) is 2.05. The predicted molar refractivity (Wildman–Crippen MR) is 113 cm³/mol. The van der Waals surface area contributed by atoms with Crippen LogP contribution in [0.1, 0.15) is 11.1 Å². The van der Waals surface area contributed by atoms with E-state index < -0.39 is 0 Å². The van der Waals surface area contributed by atoms with Gasteiger partial charge in [0.25, 0.3) is 0 Å². The lowest BCUT2D eigenvalue weighted by molar-refractivity contribution is 0.990. The average molecular weight is 410 g/mol. The molecule has 7 heteroatoms. The lowest BCUT2D eigenvalue weighted by Gasteiger charge is -2.11. The van der Waals surface area contributed by atoms with Crippen LogP contribution in [0.4, 0.5) is 5.69 Å². The number of thiocarbonyl (C=S) groups is 1. The number of hydrogen-bond acceptors (Lipinski definition) is 3. The van der Waals surface area contributed by atoms with E-state index in [1.807, 2.05) is 42.5 Å². The van der Waals surface area contributed by atoms with Crippen molar-refractivity contribution in [2.75, 3.05) is 17.6 Å². The molecule has 0 spiro atoms. The van der Waals surface area contributed by atoms with Gasteiger partial charge < -0.3 is 10.6 Å². The van der Waals surface area contributed by atoms with Gasteiger partial charge in [-0.2, -0.15) is 17.0 Å². The van der Waals surface area contributed by atoms with E-state index in [2.05, 4.69) is 16.7 Å². The molecule has 0 saturated heterocycles. The minimum atomic E-state index is 0.412. The first-order valence-electron chi connectivity index (χ1n) is 7.61. The Morgan fingerprint density at radius 1 is 1.12 bits per heavy atom. The summed E-state index contributed by atoms with van der Waals surface area (Å²) in [5, 5.41) is 16.9. The maximum absolute atomic E-state index is 8.67. The van der Waals surface area contributed by atoms with E-state index in [1.54, 1.807) is 11.8 Å². The van der Waals surface area contributed by atoms with Gasteiger partial charge in [0.05, 0.1) is 12.5 Å². The SMILES string of the molecule is N#CCc1ccc(NC(=S)NCCSCc2c(Cl)cccc2Cl)cc1. The molecular weight excluding hydrogens is 393 g/mol. The van der Waals surface area contributed by atoms with E-state index in [-0.39, 0.29) is 0 Å². The molecule has 25 heavy (non-hydrogen) atoms. The van der Waals surface area contributed by atoms with Crippen LogP contribution in [-0.4, -0.2) is 17.4 Å². The molecular formula is C18H17Cl2N3S2. The number of nitrogens with one attached hydrogen (secondary N) is 2. The van der Waals surface area contributed by atoms with Crippen LogP contribution in [0.3, 0.4) is 0 Å². The molecule has 0 aliphatic heterocycles. The summed E-state index contributed by atoms with van der Waals surface area (Å²) < 4.78 is 0. The van der Waals surface area contributed by atoms with Crippen molar-refractivity contribution < 1.29 is 0 Å². The fraction of sp³-hybridized carbons (Fsp3) is 0.222. The van der Waals surface area contributed by atoms with E-state index in [0.29, 0.717) is 21.6 Å². The van der Waals surface area contributed by atoms with Crippen molar-refractivity contribution in [1.29, 1.82) is 5.26 Å². The summed E-state index contributed by atoms with van der Waals surface area (Å²) in [5.74, 6) is 1.64. The summed E-state index contributed by atoms with van der Waals surface area (Å²) in [6.07, 6.45) is 0.412. The molecule has 0 atom stereocenters. The van der Waals surface area contributed by atoms with Gasteiger partial charge >= 0.3 is 0 Å². The summed E-state index contributed by atoms with van der Waals surface area (Å²) in [6, 6.07) is 15.3. The van der Waals surface area contributed by atoms with Crippen LogP contribution < -0.4 is 10.6 Å². The molecule has 0 bridgehead atoms. The van der Waals surface area contributed by atoms with Crippen molar-refractivity contribution in [2.24, 2.45) is 0 Å². The smallest absolute Gasteiger partial charge is 0.170 e. The third-order valence-corrected chi connectivity index (χ3v) is 5.28. The number of anilines is 1. The van der Waals surface area contributed by atoms with Crippen LogP contribution >= 0.6 is 47.2 Å². The van der Waals surface area contributed by atoms with Crippen molar-refractivity contribution in [2.45, 2.75) is 12.2 Å². The molecule has 3 nitrogen and oxygen atoms in total. The topological polar surface area (TPSA) is 47.9 Å². The molecule has 0 unspecified atom stereocenters. The van der Waals surface area contributed by atoms with Crippen molar-refractivity contribution >= 4 is 58.0 Å². The Bertz CT molecular complexity index is 738. The number of halogens is 2. The number of nitriles is 1. The number of nitrogens with zero attached hydrogens (tertiary/aromatic N) is 1. The molecule has 2 aromatic carbocycles. The van der Waals surface area contributed by atoms with E-state index >= 15 is 0 Å². The molecule has 0 amide bonds. The van der Waals surface area contributed by atoms with Crippen LogP contribution in [0.25, 0.3) is 0 Å². The van der Waals surface area contributed by atoms with E-state index in [4.69, 9.17) is 40.7 Å². The fourth-order valence-corrected chi connectivity index (χ4v) is 3.87. The number of hydrogen-bond donors (Lipinski definition) is 2. The van der Waals surface area contributed by atoms with E-state index in [0.717, 1.165) is 34.9 Å². The third-order valence-electron chi connectivity index (χ3n) is 3.34. The second kappa shape index (κ2) is 10.5. The van der Waals surface area contributed by atoms with Gasteiger partial charge in [-0.3, -0.25) is 0 Å². The van der Waals surface area contributed by atoms with Gasteiger partial charge in [-0.1, -0.05) is 41.4 Å². The summed E-state index contributed by atoms with van der Waals surface area (Å²) >= 11 is 19.3. The monoisotopic (exact) mass is 409 g/mol. The molecule has 2 N–H and O–H groups in total. The zero-order valence-electron chi connectivity index (χ0n) is 13.4. The van der Waals surface area contributed by atoms with Crippen molar-refractivity contribution in [1.82, 2.24) is 5.32 Å².